The Balaban J connectivity index is 1.94. The molecular weight excluding hydrogens is 274 g/mol. The van der Waals surface area contributed by atoms with Crippen molar-refractivity contribution in [2.75, 3.05) is 19.6 Å². The number of likely N-dealkylation sites (tertiary alicyclic amines) is 1. The van der Waals surface area contributed by atoms with Crippen LogP contribution in [0, 0.1) is 30.4 Å². The van der Waals surface area contributed by atoms with Gasteiger partial charge in [-0.05, 0) is 36.8 Å². The number of fused-ring (bicyclic) bond motifs is 1. The van der Waals surface area contributed by atoms with E-state index < -0.39 is 23.1 Å². The summed E-state index contributed by atoms with van der Waals surface area (Å²) in [7, 11) is 0. The second kappa shape index (κ2) is 5.37. The molecule has 2 heterocycles. The summed E-state index contributed by atoms with van der Waals surface area (Å²) in [4.78, 5) is 14.3. The monoisotopic (exact) mass is 294 g/mol. The highest BCUT2D eigenvalue weighted by Crippen LogP contribution is 2.35. The third-order valence-electron chi connectivity index (χ3n) is 4.90. The van der Waals surface area contributed by atoms with E-state index in [9.17, 15) is 13.6 Å². The lowest BCUT2D eigenvalue weighted by Crippen LogP contribution is -2.40. The van der Waals surface area contributed by atoms with Gasteiger partial charge in [0.05, 0.1) is 0 Å². The Morgan fingerprint density at radius 1 is 1.38 bits per heavy atom. The van der Waals surface area contributed by atoms with Crippen LogP contribution in [0.25, 0.3) is 0 Å². The fourth-order valence-corrected chi connectivity index (χ4v) is 3.78. The third kappa shape index (κ3) is 2.24. The Labute approximate surface area is 123 Å². The van der Waals surface area contributed by atoms with Gasteiger partial charge in [-0.15, -0.1) is 0 Å². The third-order valence-corrected chi connectivity index (χ3v) is 4.90. The van der Waals surface area contributed by atoms with Crippen molar-refractivity contribution in [2.24, 2.45) is 11.8 Å². The van der Waals surface area contributed by atoms with Crippen LogP contribution >= 0.6 is 0 Å². The molecule has 2 saturated heterocycles. The van der Waals surface area contributed by atoms with Crippen molar-refractivity contribution in [3.05, 3.63) is 34.9 Å². The molecule has 2 aliphatic rings. The predicted octanol–water partition coefficient (Wildman–Crippen LogP) is 2.34. The fourth-order valence-electron chi connectivity index (χ4n) is 3.78. The van der Waals surface area contributed by atoms with E-state index in [0.717, 1.165) is 19.5 Å². The van der Waals surface area contributed by atoms with Crippen molar-refractivity contribution < 1.29 is 13.6 Å². The number of rotatable bonds is 2. The Bertz CT molecular complexity index is 576. The van der Waals surface area contributed by atoms with Crippen LogP contribution in [0.2, 0.25) is 0 Å². The first-order chi connectivity index (χ1) is 10.0. The topological polar surface area (TPSA) is 32.3 Å². The zero-order valence-corrected chi connectivity index (χ0v) is 12.3. The number of nitrogens with one attached hydrogen (secondary N) is 1. The molecule has 0 saturated carbocycles. The molecule has 0 bridgehead atoms. The van der Waals surface area contributed by atoms with Gasteiger partial charge >= 0.3 is 0 Å². The zero-order chi connectivity index (χ0) is 15.1. The molecule has 3 unspecified atom stereocenters. The Hall–Kier alpha value is -1.49. The van der Waals surface area contributed by atoms with Crippen molar-refractivity contribution in [2.45, 2.75) is 26.3 Å². The zero-order valence-electron chi connectivity index (χ0n) is 12.3. The van der Waals surface area contributed by atoms with E-state index in [2.05, 4.69) is 5.32 Å². The molecular formula is C16H20F2N2O. The summed E-state index contributed by atoms with van der Waals surface area (Å²) >= 11 is 0. The molecule has 1 aromatic carbocycles. The Morgan fingerprint density at radius 2 is 2.14 bits per heavy atom. The molecule has 0 aliphatic carbocycles. The first-order valence-electron chi connectivity index (χ1n) is 7.50. The van der Waals surface area contributed by atoms with Crippen LogP contribution in [-0.4, -0.2) is 36.5 Å². The van der Waals surface area contributed by atoms with Gasteiger partial charge in [0.2, 0.25) is 0 Å². The first kappa shape index (κ1) is 14.4. The minimum Gasteiger partial charge on any atom is -0.335 e. The minimum atomic E-state index is -0.770. The summed E-state index contributed by atoms with van der Waals surface area (Å²) < 4.78 is 28.1. The van der Waals surface area contributed by atoms with Crippen molar-refractivity contribution in [1.29, 1.82) is 0 Å². The predicted molar refractivity (Wildman–Crippen MR) is 76.1 cm³/mol. The number of benzene rings is 1. The number of carbonyl (C=O) groups is 1. The van der Waals surface area contributed by atoms with Crippen LogP contribution in [0.3, 0.4) is 0 Å². The van der Waals surface area contributed by atoms with Gasteiger partial charge in [0.25, 0.3) is 5.91 Å². The highest BCUT2D eigenvalue weighted by molar-refractivity contribution is 5.95. The van der Waals surface area contributed by atoms with E-state index in [0.29, 0.717) is 23.9 Å². The van der Waals surface area contributed by atoms with Crippen LogP contribution in [0.4, 0.5) is 8.78 Å². The highest BCUT2D eigenvalue weighted by atomic mass is 19.1. The molecule has 0 spiro atoms. The largest absolute Gasteiger partial charge is 0.335 e. The lowest BCUT2D eigenvalue weighted by atomic mass is 9.93. The fraction of sp³-hybridized carbons (Fsp3) is 0.562. The molecule has 3 atom stereocenters. The van der Waals surface area contributed by atoms with Crippen LogP contribution in [-0.2, 0) is 0 Å². The van der Waals surface area contributed by atoms with Crippen LogP contribution in [0.5, 0.6) is 0 Å². The number of hydrogen-bond donors (Lipinski definition) is 1. The Kier molecular flexibility index (Phi) is 3.69. The van der Waals surface area contributed by atoms with E-state index >= 15 is 0 Å². The van der Waals surface area contributed by atoms with Gasteiger partial charge in [-0.2, -0.15) is 0 Å². The second-order valence-corrected chi connectivity index (χ2v) is 6.07. The standard InChI is InChI=1S/C16H20F2N2O/c1-3-13-11-7-19-6-10(11)8-20(13)16(21)14-12(17)5-4-9(2)15(14)18/h4-5,10-11,13,19H,3,6-8H2,1-2H3. The van der Waals surface area contributed by atoms with Gasteiger partial charge in [0.1, 0.15) is 17.2 Å². The molecule has 3 nitrogen and oxygen atoms in total. The van der Waals surface area contributed by atoms with E-state index in [1.54, 1.807) is 11.8 Å². The van der Waals surface area contributed by atoms with Gasteiger partial charge < -0.3 is 10.2 Å². The lowest BCUT2D eigenvalue weighted by molar-refractivity contribution is 0.0701. The summed E-state index contributed by atoms with van der Waals surface area (Å²) in [6.45, 7) is 5.91. The molecule has 21 heavy (non-hydrogen) atoms. The molecule has 1 aromatic rings. The summed E-state index contributed by atoms with van der Waals surface area (Å²) in [6, 6.07) is 2.60. The highest BCUT2D eigenvalue weighted by Gasteiger charge is 2.46. The average Bonchev–Trinajstić information content (AvgIpc) is 3.03. The maximum Gasteiger partial charge on any atom is 0.260 e. The van der Waals surface area contributed by atoms with Crippen LogP contribution < -0.4 is 5.32 Å². The lowest BCUT2D eigenvalue weighted by Gasteiger charge is -2.27. The number of carbonyl (C=O) groups excluding carboxylic acids is 1. The van der Waals surface area contributed by atoms with Gasteiger partial charge in [-0.1, -0.05) is 13.0 Å². The number of amides is 1. The van der Waals surface area contributed by atoms with Gasteiger partial charge in [0.15, 0.2) is 0 Å². The average molecular weight is 294 g/mol. The van der Waals surface area contributed by atoms with Crippen molar-refractivity contribution in [1.82, 2.24) is 10.2 Å². The minimum absolute atomic E-state index is 0.0665. The molecule has 2 fully saturated rings. The normalized spacial score (nSPS) is 28.0. The number of halogens is 2. The maximum atomic E-state index is 14.2. The smallest absolute Gasteiger partial charge is 0.260 e. The molecule has 1 amide bonds. The number of nitrogens with zero attached hydrogens (tertiary/aromatic N) is 1. The molecule has 0 radical (unpaired) electrons. The van der Waals surface area contributed by atoms with Crippen molar-refractivity contribution in [3.63, 3.8) is 0 Å². The summed E-state index contributed by atoms with van der Waals surface area (Å²) in [5.41, 5.74) is -0.102. The molecule has 0 aromatic heterocycles. The SMILES string of the molecule is CCC1C2CNCC2CN1C(=O)c1c(F)ccc(C)c1F. The Morgan fingerprint density at radius 3 is 2.86 bits per heavy atom. The molecule has 1 N–H and O–H groups in total. The van der Waals surface area contributed by atoms with Gasteiger partial charge in [0, 0.05) is 25.7 Å². The second-order valence-electron chi connectivity index (χ2n) is 6.07. The maximum absolute atomic E-state index is 14.2. The quantitative estimate of drug-likeness (QED) is 0.908. The van der Waals surface area contributed by atoms with Crippen molar-refractivity contribution in [3.8, 4) is 0 Å². The first-order valence-corrected chi connectivity index (χ1v) is 7.50. The van der Waals surface area contributed by atoms with E-state index in [1.807, 2.05) is 6.92 Å². The summed E-state index contributed by atoms with van der Waals surface area (Å²) in [5.74, 6) is -1.21. The van der Waals surface area contributed by atoms with Gasteiger partial charge in [-0.3, -0.25) is 4.79 Å². The van der Waals surface area contributed by atoms with Crippen molar-refractivity contribution >= 4 is 5.91 Å². The molecule has 114 valence electrons. The van der Waals surface area contributed by atoms with Crippen LogP contribution in [0.1, 0.15) is 29.3 Å². The van der Waals surface area contributed by atoms with E-state index in [1.165, 1.54) is 12.1 Å². The van der Waals surface area contributed by atoms with E-state index in [4.69, 9.17) is 0 Å². The van der Waals surface area contributed by atoms with E-state index in [-0.39, 0.29) is 6.04 Å². The summed E-state index contributed by atoms with van der Waals surface area (Å²) in [5, 5.41) is 3.33. The van der Waals surface area contributed by atoms with Crippen LogP contribution in [0.15, 0.2) is 12.1 Å². The molecule has 2 aliphatic heterocycles. The number of hydrogen-bond acceptors (Lipinski definition) is 2. The van der Waals surface area contributed by atoms with Gasteiger partial charge in [-0.25, -0.2) is 8.78 Å². The molecule has 5 heteroatoms. The molecule has 3 rings (SSSR count). The number of aryl methyl sites for hydroxylation is 1. The summed E-state index contributed by atoms with van der Waals surface area (Å²) in [6.07, 6.45) is 0.809.